The van der Waals surface area contributed by atoms with Crippen LogP contribution in [-0.2, 0) is 4.79 Å². The molecule has 0 aromatic heterocycles. The topological polar surface area (TPSA) is 66.8 Å². The number of carbonyl (C=O) groups excluding carboxylic acids is 1. The van der Waals surface area contributed by atoms with Gasteiger partial charge in [-0.15, -0.1) is 0 Å². The Hall–Kier alpha value is -2.04. The van der Waals surface area contributed by atoms with Crippen molar-refractivity contribution < 1.29 is 19.4 Å². The highest BCUT2D eigenvalue weighted by Crippen LogP contribution is 2.16. The number of amides is 1. The van der Waals surface area contributed by atoms with Gasteiger partial charge in [-0.3, -0.25) is 9.59 Å². The minimum Gasteiger partial charge on any atom is -0.497 e. The van der Waals surface area contributed by atoms with Crippen molar-refractivity contribution in [1.29, 1.82) is 0 Å². The van der Waals surface area contributed by atoms with E-state index in [4.69, 9.17) is 9.84 Å². The van der Waals surface area contributed by atoms with E-state index in [9.17, 15) is 9.59 Å². The molecular weight excluding hydrogens is 246 g/mol. The Morgan fingerprint density at radius 1 is 1.42 bits per heavy atom. The molecule has 1 amide bonds. The molecule has 0 heterocycles. The molecule has 1 unspecified atom stereocenters. The van der Waals surface area contributed by atoms with Crippen LogP contribution in [-0.4, -0.2) is 41.6 Å². The number of carboxylic acids is 1. The number of benzene rings is 1. The van der Waals surface area contributed by atoms with Crippen LogP contribution in [0.25, 0.3) is 0 Å². The number of methoxy groups -OCH3 is 1. The Morgan fingerprint density at radius 2 is 2.11 bits per heavy atom. The van der Waals surface area contributed by atoms with Crippen molar-refractivity contribution in [3.05, 3.63) is 29.8 Å². The van der Waals surface area contributed by atoms with Crippen LogP contribution in [0, 0.1) is 0 Å². The highest BCUT2D eigenvalue weighted by Gasteiger charge is 2.22. The predicted molar refractivity (Wildman–Crippen MR) is 71.4 cm³/mol. The summed E-state index contributed by atoms with van der Waals surface area (Å²) < 4.78 is 5.08. The minimum atomic E-state index is -0.913. The van der Waals surface area contributed by atoms with E-state index < -0.39 is 5.97 Å². The minimum absolute atomic E-state index is 0.0659. The third-order valence-corrected chi connectivity index (χ3v) is 2.92. The number of rotatable bonds is 6. The van der Waals surface area contributed by atoms with Crippen molar-refractivity contribution in [2.45, 2.75) is 26.3 Å². The molecule has 1 aromatic rings. The summed E-state index contributed by atoms with van der Waals surface area (Å²) in [4.78, 5) is 24.6. The van der Waals surface area contributed by atoms with Gasteiger partial charge in [0.05, 0.1) is 13.5 Å². The number of ether oxygens (including phenoxy) is 1. The molecule has 5 heteroatoms. The van der Waals surface area contributed by atoms with Crippen molar-refractivity contribution >= 4 is 11.9 Å². The van der Waals surface area contributed by atoms with Gasteiger partial charge in [0.15, 0.2) is 0 Å². The van der Waals surface area contributed by atoms with E-state index in [0.29, 0.717) is 17.9 Å². The second kappa shape index (κ2) is 6.78. The van der Waals surface area contributed by atoms with Crippen LogP contribution >= 0.6 is 0 Å². The number of nitrogens with zero attached hydrogens (tertiary/aromatic N) is 1. The van der Waals surface area contributed by atoms with E-state index in [0.717, 1.165) is 0 Å². The van der Waals surface area contributed by atoms with Gasteiger partial charge in [-0.2, -0.15) is 0 Å². The second-order valence-electron chi connectivity index (χ2n) is 4.27. The zero-order valence-electron chi connectivity index (χ0n) is 11.4. The fourth-order valence-electron chi connectivity index (χ4n) is 1.94. The van der Waals surface area contributed by atoms with E-state index in [1.165, 1.54) is 7.11 Å². The maximum atomic E-state index is 12.3. The van der Waals surface area contributed by atoms with Gasteiger partial charge in [-0.05, 0) is 32.0 Å². The lowest BCUT2D eigenvalue weighted by atomic mass is 10.1. The Labute approximate surface area is 112 Å². The summed E-state index contributed by atoms with van der Waals surface area (Å²) in [6.45, 7) is 4.02. The lowest BCUT2D eigenvalue weighted by Crippen LogP contribution is -2.39. The molecule has 0 fully saturated rings. The fraction of sp³-hybridized carbons (Fsp3) is 0.429. The van der Waals surface area contributed by atoms with Crippen LogP contribution < -0.4 is 4.74 Å². The lowest BCUT2D eigenvalue weighted by Gasteiger charge is -2.27. The first-order chi connectivity index (χ1) is 8.99. The second-order valence-corrected chi connectivity index (χ2v) is 4.27. The van der Waals surface area contributed by atoms with Crippen molar-refractivity contribution in [3.63, 3.8) is 0 Å². The molecule has 1 aromatic carbocycles. The average molecular weight is 265 g/mol. The molecule has 0 aliphatic carbocycles. The maximum Gasteiger partial charge on any atom is 0.305 e. The van der Waals surface area contributed by atoms with Crippen LogP contribution in [0.1, 0.15) is 30.6 Å². The molecule has 1 rings (SSSR count). The summed E-state index contributed by atoms with van der Waals surface area (Å²) in [5.74, 6) is -0.493. The molecular formula is C14H19NO4. The quantitative estimate of drug-likeness (QED) is 0.854. The Morgan fingerprint density at radius 3 is 2.63 bits per heavy atom. The first-order valence-electron chi connectivity index (χ1n) is 6.16. The van der Waals surface area contributed by atoms with Gasteiger partial charge in [0.25, 0.3) is 5.91 Å². The molecule has 0 saturated heterocycles. The van der Waals surface area contributed by atoms with Crippen molar-refractivity contribution in [2.24, 2.45) is 0 Å². The third kappa shape index (κ3) is 3.98. The normalized spacial score (nSPS) is 11.7. The molecule has 1 atom stereocenters. The number of carboxylic acid groups (broad SMARTS) is 1. The summed E-state index contributed by atoms with van der Waals surface area (Å²) in [6.07, 6.45) is -0.0659. The number of carbonyl (C=O) groups is 2. The Bertz CT molecular complexity index is 459. The third-order valence-electron chi connectivity index (χ3n) is 2.92. The molecule has 19 heavy (non-hydrogen) atoms. The van der Waals surface area contributed by atoms with Gasteiger partial charge in [-0.1, -0.05) is 6.07 Å². The molecule has 5 nitrogen and oxygen atoms in total. The molecule has 0 saturated carbocycles. The lowest BCUT2D eigenvalue weighted by molar-refractivity contribution is -0.138. The molecule has 104 valence electrons. The molecule has 0 aliphatic heterocycles. The SMILES string of the molecule is CCN(C(=O)c1cccc(OC)c1)C(C)CC(=O)O. The number of hydrogen-bond acceptors (Lipinski definition) is 3. The van der Waals surface area contributed by atoms with Crippen molar-refractivity contribution in [3.8, 4) is 5.75 Å². The molecule has 0 radical (unpaired) electrons. The smallest absolute Gasteiger partial charge is 0.305 e. The highest BCUT2D eigenvalue weighted by atomic mass is 16.5. The van der Waals surface area contributed by atoms with Crippen LogP contribution in [0.15, 0.2) is 24.3 Å². The fourth-order valence-corrected chi connectivity index (χ4v) is 1.94. The number of hydrogen-bond donors (Lipinski definition) is 1. The maximum absolute atomic E-state index is 12.3. The van der Waals surface area contributed by atoms with E-state index in [-0.39, 0.29) is 18.4 Å². The monoisotopic (exact) mass is 265 g/mol. The zero-order chi connectivity index (χ0) is 14.4. The van der Waals surface area contributed by atoms with Gasteiger partial charge < -0.3 is 14.7 Å². The largest absolute Gasteiger partial charge is 0.497 e. The van der Waals surface area contributed by atoms with Gasteiger partial charge in [0.1, 0.15) is 5.75 Å². The van der Waals surface area contributed by atoms with E-state index in [2.05, 4.69) is 0 Å². The van der Waals surface area contributed by atoms with Crippen LogP contribution in [0.4, 0.5) is 0 Å². The van der Waals surface area contributed by atoms with Gasteiger partial charge >= 0.3 is 5.97 Å². The van der Waals surface area contributed by atoms with Gasteiger partial charge in [-0.25, -0.2) is 0 Å². The summed E-state index contributed by atoms with van der Waals surface area (Å²) >= 11 is 0. The van der Waals surface area contributed by atoms with Crippen molar-refractivity contribution in [2.75, 3.05) is 13.7 Å². The van der Waals surface area contributed by atoms with E-state index in [1.807, 2.05) is 6.92 Å². The highest BCUT2D eigenvalue weighted by molar-refractivity contribution is 5.95. The first kappa shape index (κ1) is 15.0. The van der Waals surface area contributed by atoms with E-state index in [1.54, 1.807) is 36.1 Å². The molecule has 0 aliphatic rings. The average Bonchev–Trinajstić information content (AvgIpc) is 2.38. The number of aliphatic carboxylic acids is 1. The Kier molecular flexibility index (Phi) is 5.36. The molecule has 0 bridgehead atoms. The first-order valence-corrected chi connectivity index (χ1v) is 6.16. The van der Waals surface area contributed by atoms with Gasteiger partial charge in [0.2, 0.25) is 0 Å². The summed E-state index contributed by atoms with van der Waals surface area (Å²) in [7, 11) is 1.54. The molecule has 1 N–H and O–H groups in total. The zero-order valence-corrected chi connectivity index (χ0v) is 11.4. The van der Waals surface area contributed by atoms with Crippen LogP contribution in [0.2, 0.25) is 0 Å². The van der Waals surface area contributed by atoms with Crippen LogP contribution in [0.3, 0.4) is 0 Å². The summed E-state index contributed by atoms with van der Waals surface area (Å²) in [5.41, 5.74) is 0.499. The van der Waals surface area contributed by atoms with Crippen LogP contribution in [0.5, 0.6) is 5.75 Å². The summed E-state index contributed by atoms with van der Waals surface area (Å²) in [5, 5.41) is 8.80. The predicted octanol–water partition coefficient (Wildman–Crippen LogP) is 2.02. The Balaban J connectivity index is 2.91. The van der Waals surface area contributed by atoms with Gasteiger partial charge in [0, 0.05) is 18.2 Å². The van der Waals surface area contributed by atoms with Crippen molar-refractivity contribution in [1.82, 2.24) is 4.90 Å². The summed E-state index contributed by atoms with van der Waals surface area (Å²) in [6, 6.07) is 6.50. The standard InChI is InChI=1S/C14H19NO4/c1-4-15(10(2)8-13(16)17)14(18)11-6-5-7-12(9-11)19-3/h5-7,9-10H,4,8H2,1-3H3,(H,16,17). The molecule has 0 spiro atoms. The van der Waals surface area contributed by atoms with E-state index >= 15 is 0 Å².